The SMILES string of the molecule is N#C[C@H](Cc1ccc(-c2cccc(C(=O)N3CCCCC3)c2)cc1)NC(=O)[C@@H]1CCCCN1OC(=O)C(F)(F)F. The largest absolute Gasteiger partial charge is 0.492 e. The number of hydroxylamine groups is 2. The first-order valence-corrected chi connectivity index (χ1v) is 13.4. The number of hydrogen-bond donors (Lipinski definition) is 1. The number of amides is 2. The van der Waals surface area contributed by atoms with Crippen molar-refractivity contribution < 1.29 is 32.4 Å². The molecule has 4 rings (SSSR count). The van der Waals surface area contributed by atoms with Crippen LogP contribution >= 0.6 is 0 Å². The van der Waals surface area contributed by atoms with Gasteiger partial charge >= 0.3 is 12.1 Å². The lowest BCUT2D eigenvalue weighted by Gasteiger charge is -2.33. The number of carbonyl (C=O) groups excluding carboxylic acids is 3. The lowest BCUT2D eigenvalue weighted by atomic mass is 9.98. The third-order valence-corrected chi connectivity index (χ3v) is 7.14. The fourth-order valence-electron chi connectivity index (χ4n) is 5.01. The minimum Gasteiger partial charge on any atom is -0.360 e. The average Bonchev–Trinajstić information content (AvgIpc) is 2.97. The maximum absolute atomic E-state index is 12.9. The van der Waals surface area contributed by atoms with Gasteiger partial charge < -0.3 is 15.1 Å². The van der Waals surface area contributed by atoms with Crippen LogP contribution < -0.4 is 5.32 Å². The smallest absolute Gasteiger partial charge is 0.360 e. The summed E-state index contributed by atoms with van der Waals surface area (Å²) >= 11 is 0. The van der Waals surface area contributed by atoms with Crippen molar-refractivity contribution in [1.82, 2.24) is 15.3 Å². The van der Waals surface area contributed by atoms with E-state index in [1.165, 1.54) is 0 Å². The number of alkyl halides is 3. The quantitative estimate of drug-likeness (QED) is 0.542. The van der Waals surface area contributed by atoms with Gasteiger partial charge in [0.1, 0.15) is 12.1 Å². The molecule has 0 saturated carbocycles. The molecule has 11 heteroatoms. The Morgan fingerprint density at radius 1 is 0.975 bits per heavy atom. The van der Waals surface area contributed by atoms with E-state index in [0.29, 0.717) is 18.4 Å². The van der Waals surface area contributed by atoms with Crippen LogP contribution in [-0.2, 0) is 20.8 Å². The highest BCUT2D eigenvalue weighted by atomic mass is 19.4. The molecule has 2 heterocycles. The van der Waals surface area contributed by atoms with E-state index in [0.717, 1.165) is 54.1 Å². The van der Waals surface area contributed by atoms with Crippen molar-refractivity contribution in [2.75, 3.05) is 19.6 Å². The topological polar surface area (TPSA) is 103 Å². The first-order chi connectivity index (χ1) is 19.2. The molecule has 2 aliphatic rings. The fourth-order valence-corrected chi connectivity index (χ4v) is 5.01. The number of carbonyl (C=O) groups is 3. The standard InChI is InChI=1S/C29H31F3N4O4/c30-29(31,32)28(39)40-36-16-5-2-9-25(36)26(37)34-24(19-33)17-20-10-12-21(13-11-20)22-7-6-8-23(18-22)27(38)35-14-3-1-4-15-35/h6-8,10-13,18,24-25H,1-5,9,14-17H2,(H,34,37)/t24-,25-/m0/s1. The van der Waals surface area contributed by atoms with E-state index in [-0.39, 0.29) is 25.3 Å². The first kappa shape index (κ1) is 29.1. The summed E-state index contributed by atoms with van der Waals surface area (Å²) in [6, 6.07) is 14.8. The van der Waals surface area contributed by atoms with Crippen molar-refractivity contribution in [1.29, 1.82) is 5.26 Å². The highest BCUT2D eigenvalue weighted by molar-refractivity contribution is 5.95. The molecule has 0 bridgehead atoms. The summed E-state index contributed by atoms with van der Waals surface area (Å²) in [7, 11) is 0. The van der Waals surface area contributed by atoms with Crippen molar-refractivity contribution in [3.8, 4) is 17.2 Å². The van der Waals surface area contributed by atoms with E-state index in [1.54, 1.807) is 0 Å². The fraction of sp³-hybridized carbons (Fsp3) is 0.448. The molecule has 2 atom stereocenters. The van der Waals surface area contributed by atoms with Gasteiger partial charge in [-0.15, -0.1) is 5.06 Å². The van der Waals surface area contributed by atoms with Gasteiger partial charge in [0.15, 0.2) is 0 Å². The molecule has 0 aromatic heterocycles. The third kappa shape index (κ3) is 7.39. The van der Waals surface area contributed by atoms with Crippen LogP contribution in [0.3, 0.4) is 0 Å². The van der Waals surface area contributed by atoms with Gasteiger partial charge in [-0.25, -0.2) is 4.79 Å². The Hall–Kier alpha value is -3.91. The highest BCUT2D eigenvalue weighted by Gasteiger charge is 2.44. The summed E-state index contributed by atoms with van der Waals surface area (Å²) in [5.74, 6) is -3.03. The predicted octanol–water partition coefficient (Wildman–Crippen LogP) is 4.41. The van der Waals surface area contributed by atoms with E-state index in [9.17, 15) is 32.8 Å². The molecule has 2 aliphatic heterocycles. The van der Waals surface area contributed by atoms with Crippen LogP contribution in [0.4, 0.5) is 13.2 Å². The molecule has 212 valence electrons. The predicted molar refractivity (Wildman–Crippen MR) is 139 cm³/mol. The summed E-state index contributed by atoms with van der Waals surface area (Å²) in [6.45, 7) is 1.53. The van der Waals surface area contributed by atoms with Gasteiger partial charge in [0, 0.05) is 31.6 Å². The van der Waals surface area contributed by atoms with Crippen LogP contribution in [0.5, 0.6) is 0 Å². The van der Waals surface area contributed by atoms with Crippen LogP contribution in [0.1, 0.15) is 54.4 Å². The van der Waals surface area contributed by atoms with Gasteiger partial charge in [0.2, 0.25) is 5.91 Å². The highest BCUT2D eigenvalue weighted by Crippen LogP contribution is 2.25. The van der Waals surface area contributed by atoms with Gasteiger partial charge in [-0.2, -0.15) is 18.4 Å². The molecule has 0 unspecified atom stereocenters. The van der Waals surface area contributed by atoms with Gasteiger partial charge in [0.25, 0.3) is 5.91 Å². The van der Waals surface area contributed by atoms with Crippen LogP contribution in [-0.4, -0.2) is 65.6 Å². The Bertz CT molecular complexity index is 1250. The summed E-state index contributed by atoms with van der Waals surface area (Å²) in [5, 5.41) is 12.9. The number of piperidine rings is 2. The van der Waals surface area contributed by atoms with Gasteiger partial charge in [-0.05, 0) is 67.3 Å². The maximum Gasteiger partial charge on any atom is 0.492 e. The molecule has 0 radical (unpaired) electrons. The minimum absolute atomic E-state index is 0.0105. The van der Waals surface area contributed by atoms with Crippen LogP contribution in [0.2, 0.25) is 0 Å². The molecule has 1 N–H and O–H groups in total. The molecule has 8 nitrogen and oxygen atoms in total. The number of hydrogen-bond acceptors (Lipinski definition) is 6. The monoisotopic (exact) mass is 556 g/mol. The number of nitriles is 1. The van der Waals surface area contributed by atoms with E-state index < -0.39 is 30.1 Å². The van der Waals surface area contributed by atoms with Crippen molar-refractivity contribution in [2.45, 2.75) is 63.2 Å². The van der Waals surface area contributed by atoms with Crippen molar-refractivity contribution in [2.24, 2.45) is 0 Å². The molecule has 0 spiro atoms. The van der Waals surface area contributed by atoms with Crippen LogP contribution in [0, 0.1) is 11.3 Å². The molecule has 0 aliphatic carbocycles. The first-order valence-electron chi connectivity index (χ1n) is 13.4. The lowest BCUT2D eigenvalue weighted by molar-refractivity contribution is -0.248. The van der Waals surface area contributed by atoms with Gasteiger partial charge in [-0.1, -0.05) is 36.4 Å². The molecule has 2 fully saturated rings. The Labute approximate surface area is 230 Å². The maximum atomic E-state index is 12.9. The average molecular weight is 557 g/mol. The Balaban J connectivity index is 1.38. The number of likely N-dealkylation sites (tertiary alicyclic amines) is 1. The Morgan fingerprint density at radius 2 is 1.68 bits per heavy atom. The van der Waals surface area contributed by atoms with E-state index in [1.807, 2.05) is 59.5 Å². The molecule has 2 saturated heterocycles. The summed E-state index contributed by atoms with van der Waals surface area (Å²) in [6.07, 6.45) is -0.593. The third-order valence-electron chi connectivity index (χ3n) is 7.14. The van der Waals surface area contributed by atoms with Gasteiger partial charge in [0.05, 0.1) is 6.07 Å². The second kappa shape index (κ2) is 13.0. The molecule has 40 heavy (non-hydrogen) atoms. The molecular weight excluding hydrogens is 525 g/mol. The van der Waals surface area contributed by atoms with Gasteiger partial charge in [-0.3, -0.25) is 9.59 Å². The Morgan fingerprint density at radius 3 is 2.35 bits per heavy atom. The zero-order valence-electron chi connectivity index (χ0n) is 22.0. The number of nitrogens with zero attached hydrogens (tertiary/aromatic N) is 3. The van der Waals surface area contributed by atoms with Crippen molar-refractivity contribution in [3.63, 3.8) is 0 Å². The zero-order chi connectivity index (χ0) is 28.7. The second-order valence-corrected chi connectivity index (χ2v) is 10.1. The lowest BCUT2D eigenvalue weighted by Crippen LogP contribution is -2.53. The second-order valence-electron chi connectivity index (χ2n) is 10.1. The summed E-state index contributed by atoms with van der Waals surface area (Å²) < 4.78 is 37.9. The summed E-state index contributed by atoms with van der Waals surface area (Å²) in [5.41, 5.74) is 3.16. The summed E-state index contributed by atoms with van der Waals surface area (Å²) in [4.78, 5) is 43.3. The molecular formula is C29H31F3N4O4. The number of nitrogens with one attached hydrogen (secondary N) is 1. The number of halogens is 3. The van der Waals surface area contributed by atoms with E-state index in [2.05, 4.69) is 10.2 Å². The normalized spacial score (nSPS) is 18.9. The zero-order valence-corrected chi connectivity index (χ0v) is 22.0. The molecule has 2 aromatic carbocycles. The number of rotatable bonds is 7. The minimum atomic E-state index is -5.18. The van der Waals surface area contributed by atoms with E-state index in [4.69, 9.17) is 0 Å². The van der Waals surface area contributed by atoms with Crippen LogP contribution in [0.25, 0.3) is 11.1 Å². The number of benzene rings is 2. The molecule has 2 aromatic rings. The van der Waals surface area contributed by atoms with Crippen molar-refractivity contribution >= 4 is 17.8 Å². The van der Waals surface area contributed by atoms with Crippen molar-refractivity contribution in [3.05, 3.63) is 59.7 Å². The Kier molecular flexibility index (Phi) is 9.42. The van der Waals surface area contributed by atoms with E-state index >= 15 is 0 Å². The molecule has 2 amide bonds. The van der Waals surface area contributed by atoms with Crippen LogP contribution in [0.15, 0.2) is 48.5 Å².